The second-order valence-electron chi connectivity index (χ2n) is 7.46. The molecule has 3 amide bonds. The Morgan fingerprint density at radius 1 is 0.938 bits per heavy atom. The predicted octanol–water partition coefficient (Wildman–Crippen LogP) is 2.22. The summed E-state index contributed by atoms with van der Waals surface area (Å²) in [7, 11) is 1.51. The summed E-state index contributed by atoms with van der Waals surface area (Å²) in [6.45, 7) is 0.486. The highest BCUT2D eigenvalue weighted by molar-refractivity contribution is 5.90. The van der Waals surface area contributed by atoms with Gasteiger partial charge in [-0.2, -0.15) is 0 Å². The highest BCUT2D eigenvalue weighted by Gasteiger charge is 2.26. The lowest BCUT2D eigenvalue weighted by Crippen LogP contribution is -2.49. The lowest BCUT2D eigenvalue weighted by molar-refractivity contribution is -0.136. The summed E-state index contributed by atoms with van der Waals surface area (Å²) in [6.07, 6.45) is 1.92. The van der Waals surface area contributed by atoms with Crippen LogP contribution in [-0.2, 0) is 20.8 Å². The molecule has 0 aliphatic rings. The molecule has 0 fully saturated rings. The van der Waals surface area contributed by atoms with E-state index in [4.69, 9.17) is 9.94 Å². The monoisotopic (exact) mass is 441 g/mol. The van der Waals surface area contributed by atoms with Gasteiger partial charge in [-0.15, -0.1) is 0 Å². The van der Waals surface area contributed by atoms with Crippen LogP contribution in [0.3, 0.4) is 0 Å². The average molecular weight is 442 g/mol. The van der Waals surface area contributed by atoms with Gasteiger partial charge in [0, 0.05) is 25.8 Å². The molecule has 32 heavy (non-hydrogen) atoms. The normalized spacial score (nSPS) is 12.3. The second kappa shape index (κ2) is 13.8. The molecule has 4 N–H and O–H groups in total. The first-order valence-corrected chi connectivity index (χ1v) is 10.7. The minimum atomic E-state index is -0.768. The molecule has 0 radical (unpaired) electrons. The number of ether oxygens (including phenoxy) is 1. The van der Waals surface area contributed by atoms with Crippen LogP contribution in [-0.4, -0.2) is 42.6 Å². The number of para-hydroxylation sites is 1. The van der Waals surface area contributed by atoms with Crippen LogP contribution in [0.15, 0.2) is 60.7 Å². The van der Waals surface area contributed by atoms with Gasteiger partial charge in [-0.3, -0.25) is 19.6 Å². The number of benzene rings is 2. The van der Waals surface area contributed by atoms with Gasteiger partial charge in [-0.05, 0) is 37.0 Å². The van der Waals surface area contributed by atoms with Gasteiger partial charge in [0.15, 0.2) is 0 Å². The molecule has 0 spiro atoms. The SMILES string of the molecule is CNC(=O)[C@H](Cc1ccccc1)NC(=O)[C@H](CCCCOc1ccccc1)CC(=O)NO. The Labute approximate surface area is 188 Å². The molecule has 0 aromatic heterocycles. The molecule has 0 saturated carbocycles. The molecular formula is C24H31N3O5. The van der Waals surface area contributed by atoms with Crippen LogP contribution in [0.25, 0.3) is 0 Å². The summed E-state index contributed by atoms with van der Waals surface area (Å²) in [5, 5.41) is 14.2. The number of nitrogens with one attached hydrogen (secondary N) is 3. The molecule has 172 valence electrons. The third-order valence-electron chi connectivity index (χ3n) is 5.05. The van der Waals surface area contributed by atoms with Gasteiger partial charge >= 0.3 is 0 Å². The van der Waals surface area contributed by atoms with E-state index in [0.717, 1.165) is 11.3 Å². The van der Waals surface area contributed by atoms with Crippen molar-refractivity contribution < 1.29 is 24.3 Å². The van der Waals surface area contributed by atoms with Crippen LogP contribution in [0.5, 0.6) is 5.75 Å². The summed E-state index contributed by atoms with van der Waals surface area (Å²) in [4.78, 5) is 37.0. The van der Waals surface area contributed by atoms with Crippen molar-refractivity contribution in [2.75, 3.05) is 13.7 Å². The quantitative estimate of drug-likeness (QED) is 0.216. The predicted molar refractivity (Wildman–Crippen MR) is 120 cm³/mol. The van der Waals surface area contributed by atoms with Gasteiger partial charge in [-0.25, -0.2) is 5.48 Å². The first-order chi connectivity index (χ1) is 15.5. The first-order valence-electron chi connectivity index (χ1n) is 10.7. The zero-order valence-electron chi connectivity index (χ0n) is 18.3. The molecular weight excluding hydrogens is 410 g/mol. The Morgan fingerprint density at radius 2 is 1.59 bits per heavy atom. The fourth-order valence-electron chi connectivity index (χ4n) is 3.32. The molecule has 0 aliphatic carbocycles. The van der Waals surface area contributed by atoms with Crippen LogP contribution in [0.2, 0.25) is 0 Å². The fraction of sp³-hybridized carbons (Fsp3) is 0.375. The van der Waals surface area contributed by atoms with Gasteiger partial charge < -0.3 is 15.4 Å². The molecule has 0 saturated heterocycles. The van der Waals surface area contributed by atoms with E-state index in [2.05, 4.69) is 10.6 Å². The van der Waals surface area contributed by atoms with Crippen molar-refractivity contribution in [3.05, 3.63) is 66.2 Å². The second-order valence-corrected chi connectivity index (χ2v) is 7.46. The van der Waals surface area contributed by atoms with Crippen LogP contribution in [0.4, 0.5) is 0 Å². The largest absolute Gasteiger partial charge is 0.494 e. The standard InChI is InChI=1S/C24H31N3O5/c1-25-24(30)21(16-18-10-4-2-5-11-18)26-23(29)19(17-22(28)27-31)12-8-9-15-32-20-13-6-3-7-14-20/h2-7,10-11,13-14,19,21,31H,8-9,12,15-17H2,1H3,(H,25,30)(H,26,29)(H,27,28)/t19-,21+/m1/s1. The molecule has 2 atom stereocenters. The topological polar surface area (TPSA) is 117 Å². The minimum absolute atomic E-state index is 0.173. The maximum absolute atomic E-state index is 12.9. The number of amides is 3. The molecule has 2 aromatic carbocycles. The van der Waals surface area contributed by atoms with E-state index in [0.29, 0.717) is 32.3 Å². The van der Waals surface area contributed by atoms with E-state index in [1.165, 1.54) is 7.05 Å². The van der Waals surface area contributed by atoms with Gasteiger partial charge in [0.2, 0.25) is 17.7 Å². The summed E-state index contributed by atoms with van der Waals surface area (Å²) in [5.41, 5.74) is 2.48. The zero-order valence-corrected chi connectivity index (χ0v) is 18.3. The lowest BCUT2D eigenvalue weighted by Gasteiger charge is -2.22. The number of carbonyl (C=O) groups excluding carboxylic acids is 3. The molecule has 0 heterocycles. The van der Waals surface area contributed by atoms with E-state index in [9.17, 15) is 14.4 Å². The van der Waals surface area contributed by atoms with Gasteiger partial charge in [-0.1, -0.05) is 48.5 Å². The minimum Gasteiger partial charge on any atom is -0.494 e. The number of hydrogen-bond donors (Lipinski definition) is 4. The van der Waals surface area contributed by atoms with Crippen molar-refractivity contribution in [3.63, 3.8) is 0 Å². The smallest absolute Gasteiger partial charge is 0.244 e. The molecule has 0 bridgehead atoms. The maximum atomic E-state index is 12.9. The maximum Gasteiger partial charge on any atom is 0.244 e. The van der Waals surface area contributed by atoms with Gasteiger partial charge in [0.1, 0.15) is 11.8 Å². The third kappa shape index (κ3) is 8.77. The Morgan fingerprint density at radius 3 is 2.22 bits per heavy atom. The molecule has 8 nitrogen and oxygen atoms in total. The summed E-state index contributed by atoms with van der Waals surface area (Å²) in [6, 6.07) is 18.0. The average Bonchev–Trinajstić information content (AvgIpc) is 2.83. The fourth-order valence-corrected chi connectivity index (χ4v) is 3.32. The molecule has 0 aliphatic heterocycles. The number of unbranched alkanes of at least 4 members (excludes halogenated alkanes) is 1. The van der Waals surface area contributed by atoms with E-state index >= 15 is 0 Å². The van der Waals surface area contributed by atoms with E-state index < -0.39 is 23.8 Å². The van der Waals surface area contributed by atoms with Gasteiger partial charge in [0.05, 0.1) is 6.61 Å². The van der Waals surface area contributed by atoms with Crippen LogP contribution >= 0.6 is 0 Å². The van der Waals surface area contributed by atoms with Crippen molar-refractivity contribution >= 4 is 17.7 Å². The summed E-state index contributed by atoms with van der Waals surface area (Å²) < 4.78 is 5.65. The number of carbonyl (C=O) groups is 3. The Bertz CT molecular complexity index is 845. The zero-order chi connectivity index (χ0) is 23.2. The van der Waals surface area contributed by atoms with Crippen molar-refractivity contribution in [2.24, 2.45) is 5.92 Å². The van der Waals surface area contributed by atoms with Crippen LogP contribution < -0.4 is 20.9 Å². The first kappa shape index (κ1) is 24.9. The van der Waals surface area contributed by atoms with Crippen molar-refractivity contribution in [1.29, 1.82) is 0 Å². The lowest BCUT2D eigenvalue weighted by atomic mass is 9.96. The number of hydroxylamine groups is 1. The Kier molecular flexibility index (Phi) is 10.7. The van der Waals surface area contributed by atoms with Crippen molar-refractivity contribution in [3.8, 4) is 5.75 Å². The van der Waals surface area contributed by atoms with Gasteiger partial charge in [0.25, 0.3) is 0 Å². The van der Waals surface area contributed by atoms with Crippen molar-refractivity contribution in [1.82, 2.24) is 16.1 Å². The summed E-state index contributed by atoms with van der Waals surface area (Å²) in [5.74, 6) is -1.27. The van der Waals surface area contributed by atoms with Crippen LogP contribution in [0, 0.1) is 5.92 Å². The Balaban J connectivity index is 1.93. The summed E-state index contributed by atoms with van der Waals surface area (Å²) >= 11 is 0. The Hall–Kier alpha value is -3.39. The van der Waals surface area contributed by atoms with E-state index in [1.54, 1.807) is 5.48 Å². The van der Waals surface area contributed by atoms with E-state index in [1.807, 2.05) is 60.7 Å². The number of hydrogen-bond acceptors (Lipinski definition) is 5. The number of likely N-dealkylation sites (N-methyl/N-ethyl adjacent to an activating group) is 1. The molecule has 2 rings (SSSR count). The molecule has 2 aromatic rings. The van der Waals surface area contributed by atoms with E-state index in [-0.39, 0.29) is 12.3 Å². The van der Waals surface area contributed by atoms with Crippen molar-refractivity contribution in [2.45, 2.75) is 38.1 Å². The number of rotatable bonds is 13. The highest BCUT2D eigenvalue weighted by atomic mass is 16.5. The molecule has 8 heteroatoms. The highest BCUT2D eigenvalue weighted by Crippen LogP contribution is 2.16. The third-order valence-corrected chi connectivity index (χ3v) is 5.05. The molecule has 0 unspecified atom stereocenters. The van der Waals surface area contributed by atoms with Crippen LogP contribution in [0.1, 0.15) is 31.2 Å².